The van der Waals surface area contributed by atoms with E-state index in [0.717, 1.165) is 0 Å². The summed E-state index contributed by atoms with van der Waals surface area (Å²) in [5.41, 5.74) is 0.668. The number of benzene rings is 1. The lowest BCUT2D eigenvalue weighted by molar-refractivity contribution is -0.136. The fourth-order valence-corrected chi connectivity index (χ4v) is 1.61. The van der Waals surface area contributed by atoms with Gasteiger partial charge in [-0.05, 0) is 35.9 Å². The molecule has 0 aliphatic carbocycles. The van der Waals surface area contributed by atoms with Gasteiger partial charge in [0.1, 0.15) is 5.75 Å². The Bertz CT molecular complexity index is 704. The molecule has 1 aromatic carbocycles. The molecule has 9 heteroatoms. The molecule has 0 atom stereocenters. The standard InChI is InChI=1S/C14H14BClN4O3/c1-14(2,15)10(21)23-9-6-4-8(5-7-9)17-12-18-11(16)19-13(20-12)22-3/h4-7H,1-3H3,(H,17,18,19,20). The van der Waals surface area contributed by atoms with Crippen molar-refractivity contribution >= 4 is 37.1 Å². The normalized spacial score (nSPS) is 11.0. The van der Waals surface area contributed by atoms with Crippen molar-refractivity contribution in [2.45, 2.75) is 19.2 Å². The van der Waals surface area contributed by atoms with Crippen LogP contribution in [0.2, 0.25) is 10.6 Å². The van der Waals surface area contributed by atoms with Crippen molar-refractivity contribution in [3.05, 3.63) is 29.5 Å². The van der Waals surface area contributed by atoms with Gasteiger partial charge in [-0.25, -0.2) is 0 Å². The van der Waals surface area contributed by atoms with Gasteiger partial charge in [0.05, 0.1) is 15.0 Å². The summed E-state index contributed by atoms with van der Waals surface area (Å²) in [6.45, 7) is 3.15. The lowest BCUT2D eigenvalue weighted by Crippen LogP contribution is -2.22. The molecule has 0 spiro atoms. The lowest BCUT2D eigenvalue weighted by Gasteiger charge is -2.16. The number of methoxy groups -OCH3 is 1. The zero-order valence-corrected chi connectivity index (χ0v) is 13.6. The summed E-state index contributed by atoms with van der Waals surface area (Å²) in [7, 11) is 7.09. The highest BCUT2D eigenvalue weighted by Gasteiger charge is 2.23. The van der Waals surface area contributed by atoms with E-state index in [0.29, 0.717) is 11.4 Å². The maximum absolute atomic E-state index is 11.7. The van der Waals surface area contributed by atoms with Crippen molar-refractivity contribution in [2.24, 2.45) is 0 Å². The van der Waals surface area contributed by atoms with Crippen molar-refractivity contribution in [1.82, 2.24) is 15.0 Å². The molecule has 0 saturated carbocycles. The summed E-state index contributed by atoms with van der Waals surface area (Å²) in [5, 5.41) is 1.89. The van der Waals surface area contributed by atoms with Crippen LogP contribution in [0, 0.1) is 0 Å². The Morgan fingerprint density at radius 3 is 2.43 bits per heavy atom. The van der Waals surface area contributed by atoms with Gasteiger partial charge in [0.15, 0.2) is 0 Å². The molecule has 2 radical (unpaired) electrons. The molecular weight excluding hydrogens is 318 g/mol. The second-order valence-electron chi connectivity index (χ2n) is 5.18. The Balaban J connectivity index is 2.08. The summed E-state index contributed by atoms with van der Waals surface area (Å²) < 4.78 is 10.1. The molecule has 0 aliphatic rings. The van der Waals surface area contributed by atoms with Gasteiger partial charge in [0.2, 0.25) is 11.2 Å². The zero-order valence-electron chi connectivity index (χ0n) is 12.8. The molecule has 23 heavy (non-hydrogen) atoms. The summed E-state index contributed by atoms with van der Waals surface area (Å²) in [5.74, 6) is 0.0900. The molecule has 2 aromatic rings. The SMILES string of the molecule is [B]C(C)(C)C(=O)Oc1ccc(Nc2nc(Cl)nc(OC)n2)cc1. The topological polar surface area (TPSA) is 86.2 Å². The van der Waals surface area contributed by atoms with Gasteiger partial charge in [-0.3, -0.25) is 4.79 Å². The monoisotopic (exact) mass is 332 g/mol. The van der Waals surface area contributed by atoms with Crippen LogP contribution in [-0.2, 0) is 4.79 Å². The fraction of sp³-hybridized carbons (Fsp3) is 0.286. The van der Waals surface area contributed by atoms with Crippen LogP contribution in [-0.4, -0.2) is 35.9 Å². The summed E-state index contributed by atoms with van der Waals surface area (Å²) in [6.07, 6.45) is 0. The highest BCUT2D eigenvalue weighted by molar-refractivity contribution is 6.28. The van der Waals surface area contributed by atoms with Crippen LogP contribution in [0.15, 0.2) is 24.3 Å². The van der Waals surface area contributed by atoms with E-state index in [2.05, 4.69) is 20.3 Å². The molecule has 0 saturated heterocycles. The highest BCUT2D eigenvalue weighted by atomic mass is 35.5. The molecule has 1 heterocycles. The molecule has 7 nitrogen and oxygen atoms in total. The number of nitrogens with zero attached hydrogens (tertiary/aromatic N) is 3. The van der Waals surface area contributed by atoms with Crippen molar-refractivity contribution in [1.29, 1.82) is 0 Å². The number of halogens is 1. The number of nitrogens with one attached hydrogen (secondary N) is 1. The average molecular weight is 333 g/mol. The van der Waals surface area contributed by atoms with E-state index in [4.69, 9.17) is 28.9 Å². The first-order chi connectivity index (χ1) is 10.8. The van der Waals surface area contributed by atoms with Crippen LogP contribution in [0.1, 0.15) is 13.8 Å². The Hall–Kier alpha value is -2.35. The first-order valence-electron chi connectivity index (χ1n) is 6.62. The zero-order chi connectivity index (χ0) is 17.0. The van der Waals surface area contributed by atoms with E-state index in [1.165, 1.54) is 7.11 Å². The molecule has 0 aliphatic heterocycles. The number of hydrogen-bond acceptors (Lipinski definition) is 7. The lowest BCUT2D eigenvalue weighted by atomic mass is 9.73. The second-order valence-corrected chi connectivity index (χ2v) is 5.51. The number of hydrogen-bond donors (Lipinski definition) is 1. The van der Waals surface area contributed by atoms with Gasteiger partial charge >= 0.3 is 12.0 Å². The first kappa shape index (κ1) is 17.0. The molecule has 2 rings (SSSR count). The molecule has 0 fully saturated rings. The van der Waals surface area contributed by atoms with Crippen LogP contribution >= 0.6 is 11.6 Å². The predicted octanol–water partition coefficient (Wildman–Crippen LogP) is 2.55. The Morgan fingerprint density at radius 2 is 1.87 bits per heavy atom. The van der Waals surface area contributed by atoms with Crippen molar-refractivity contribution in [3.63, 3.8) is 0 Å². The van der Waals surface area contributed by atoms with Gasteiger partial charge < -0.3 is 14.8 Å². The number of ether oxygens (including phenoxy) is 2. The van der Waals surface area contributed by atoms with Gasteiger partial charge in [-0.15, -0.1) is 0 Å². The Kier molecular flexibility index (Phi) is 5.05. The minimum atomic E-state index is -1.06. The molecule has 118 valence electrons. The number of carbonyl (C=O) groups is 1. The average Bonchev–Trinajstić information content (AvgIpc) is 2.47. The number of anilines is 2. The van der Waals surface area contributed by atoms with E-state index in [1.807, 2.05) is 0 Å². The molecule has 1 aromatic heterocycles. The summed E-state index contributed by atoms with van der Waals surface area (Å²) in [4.78, 5) is 23.4. The predicted molar refractivity (Wildman–Crippen MR) is 86.5 cm³/mol. The Morgan fingerprint density at radius 1 is 1.22 bits per heavy atom. The molecule has 1 N–H and O–H groups in total. The van der Waals surface area contributed by atoms with Gasteiger partial charge in [-0.1, -0.05) is 13.8 Å². The molecule has 0 unspecified atom stereocenters. The number of aromatic nitrogens is 3. The van der Waals surface area contributed by atoms with E-state index in [-0.39, 0.29) is 17.2 Å². The molecular formula is C14H14BClN4O3. The third kappa shape index (κ3) is 4.82. The molecule has 0 bridgehead atoms. The van der Waals surface area contributed by atoms with Gasteiger partial charge in [0.25, 0.3) is 0 Å². The third-order valence-corrected chi connectivity index (χ3v) is 2.79. The quantitative estimate of drug-likeness (QED) is 0.511. The highest BCUT2D eigenvalue weighted by Crippen LogP contribution is 2.24. The number of esters is 1. The van der Waals surface area contributed by atoms with Crippen molar-refractivity contribution in [3.8, 4) is 11.8 Å². The van der Waals surface area contributed by atoms with Crippen LogP contribution in [0.3, 0.4) is 0 Å². The van der Waals surface area contributed by atoms with Crippen LogP contribution < -0.4 is 14.8 Å². The number of carbonyl (C=O) groups excluding carboxylic acids is 1. The van der Waals surface area contributed by atoms with Crippen molar-refractivity contribution < 1.29 is 14.3 Å². The minimum absolute atomic E-state index is 0.00933. The van der Waals surface area contributed by atoms with E-state index in [9.17, 15) is 4.79 Å². The smallest absolute Gasteiger partial charge is 0.322 e. The van der Waals surface area contributed by atoms with E-state index >= 15 is 0 Å². The summed E-state index contributed by atoms with van der Waals surface area (Å²) in [6, 6.07) is 6.72. The van der Waals surface area contributed by atoms with Crippen LogP contribution in [0.5, 0.6) is 11.8 Å². The Labute approximate surface area is 139 Å². The van der Waals surface area contributed by atoms with Crippen molar-refractivity contribution in [2.75, 3.05) is 12.4 Å². The second kappa shape index (κ2) is 6.83. The van der Waals surface area contributed by atoms with E-state index < -0.39 is 11.3 Å². The first-order valence-corrected chi connectivity index (χ1v) is 6.99. The fourth-order valence-electron chi connectivity index (χ4n) is 1.45. The maximum atomic E-state index is 11.7. The molecule has 0 amide bonds. The van der Waals surface area contributed by atoms with Crippen LogP contribution in [0.25, 0.3) is 0 Å². The largest absolute Gasteiger partial charge is 0.467 e. The minimum Gasteiger partial charge on any atom is -0.467 e. The summed E-state index contributed by atoms with van der Waals surface area (Å²) >= 11 is 5.77. The van der Waals surface area contributed by atoms with Gasteiger partial charge in [-0.2, -0.15) is 15.0 Å². The number of rotatable bonds is 5. The van der Waals surface area contributed by atoms with Gasteiger partial charge in [0, 0.05) is 11.0 Å². The van der Waals surface area contributed by atoms with Crippen LogP contribution in [0.4, 0.5) is 11.6 Å². The third-order valence-electron chi connectivity index (χ3n) is 2.62. The maximum Gasteiger partial charge on any atom is 0.322 e. The van der Waals surface area contributed by atoms with E-state index in [1.54, 1.807) is 38.1 Å².